The van der Waals surface area contributed by atoms with Crippen molar-refractivity contribution >= 4 is 6.29 Å². The third-order valence-corrected chi connectivity index (χ3v) is 3.58. The second-order valence-electron chi connectivity index (χ2n) is 5.00. The molecule has 0 aromatic heterocycles. The van der Waals surface area contributed by atoms with E-state index in [0.29, 0.717) is 12.5 Å². The molecule has 0 saturated heterocycles. The Labute approximate surface area is 120 Å². The molecule has 2 rings (SSSR count). The molecule has 0 aliphatic heterocycles. The molecule has 1 unspecified atom stereocenters. The van der Waals surface area contributed by atoms with Crippen LogP contribution in [0.2, 0.25) is 0 Å². The molecule has 2 heteroatoms. The van der Waals surface area contributed by atoms with Crippen molar-refractivity contribution in [3.63, 3.8) is 0 Å². The van der Waals surface area contributed by atoms with Gasteiger partial charge in [-0.25, -0.2) is 0 Å². The Balaban J connectivity index is 2.02. The van der Waals surface area contributed by atoms with Gasteiger partial charge in [0, 0.05) is 12.5 Å². The van der Waals surface area contributed by atoms with Gasteiger partial charge in [0.05, 0.1) is 0 Å². The van der Waals surface area contributed by atoms with E-state index in [9.17, 15) is 4.79 Å². The maximum atomic E-state index is 10.5. The van der Waals surface area contributed by atoms with Crippen LogP contribution in [0.25, 0.3) is 11.1 Å². The van der Waals surface area contributed by atoms with Crippen LogP contribution in [0.5, 0.6) is 0 Å². The van der Waals surface area contributed by atoms with E-state index in [-0.39, 0.29) is 0 Å². The normalized spacial score (nSPS) is 12.1. The van der Waals surface area contributed by atoms with Crippen LogP contribution in [0, 0.1) is 0 Å². The van der Waals surface area contributed by atoms with E-state index in [2.05, 4.69) is 53.8 Å². The van der Waals surface area contributed by atoms with Crippen LogP contribution in [-0.2, 0) is 11.2 Å². The summed E-state index contributed by atoms with van der Waals surface area (Å²) in [5.41, 5.74) is 3.78. The van der Waals surface area contributed by atoms with E-state index < -0.39 is 0 Å². The fraction of sp³-hybridized carbons (Fsp3) is 0.278. The zero-order chi connectivity index (χ0) is 14.2. The summed E-state index contributed by atoms with van der Waals surface area (Å²) in [5.74, 6) is 0. The van der Waals surface area contributed by atoms with E-state index in [1.54, 1.807) is 0 Å². The van der Waals surface area contributed by atoms with Gasteiger partial charge >= 0.3 is 0 Å². The number of carbonyl (C=O) groups is 1. The topological polar surface area (TPSA) is 29.1 Å². The molecule has 0 amide bonds. The Morgan fingerprint density at radius 2 is 1.65 bits per heavy atom. The van der Waals surface area contributed by atoms with Crippen molar-refractivity contribution in [3.8, 4) is 11.1 Å². The Hall–Kier alpha value is -1.93. The van der Waals surface area contributed by atoms with Gasteiger partial charge in [0.25, 0.3) is 0 Å². The lowest BCUT2D eigenvalue weighted by Crippen LogP contribution is -2.27. The van der Waals surface area contributed by atoms with Crippen molar-refractivity contribution in [1.29, 1.82) is 0 Å². The molecular formula is C18H21NO. The molecule has 2 aromatic carbocycles. The van der Waals surface area contributed by atoms with Gasteiger partial charge in [-0.05, 0) is 36.6 Å². The zero-order valence-electron chi connectivity index (χ0n) is 11.9. The Kier molecular flexibility index (Phi) is 5.51. The first kappa shape index (κ1) is 14.5. The first-order chi connectivity index (χ1) is 9.83. The lowest BCUT2D eigenvalue weighted by Gasteiger charge is -2.15. The van der Waals surface area contributed by atoms with Crippen LogP contribution >= 0.6 is 0 Å². The minimum absolute atomic E-state index is 0.364. The fourth-order valence-corrected chi connectivity index (χ4v) is 2.37. The molecule has 2 aromatic rings. The molecule has 20 heavy (non-hydrogen) atoms. The summed E-state index contributed by atoms with van der Waals surface area (Å²) in [6, 6.07) is 19.4. The molecule has 0 aliphatic rings. The SMILES string of the molecule is CNC(CCC=O)Cc1ccc(-c2ccccc2)cc1. The molecule has 0 bridgehead atoms. The Morgan fingerprint density at radius 3 is 2.25 bits per heavy atom. The smallest absolute Gasteiger partial charge is 0.120 e. The molecule has 0 fully saturated rings. The second-order valence-corrected chi connectivity index (χ2v) is 5.00. The fourth-order valence-electron chi connectivity index (χ4n) is 2.37. The molecule has 1 N–H and O–H groups in total. The van der Waals surface area contributed by atoms with Gasteiger partial charge in [-0.3, -0.25) is 0 Å². The molecule has 0 radical (unpaired) electrons. The van der Waals surface area contributed by atoms with E-state index in [4.69, 9.17) is 0 Å². The molecule has 1 atom stereocenters. The average Bonchev–Trinajstić information content (AvgIpc) is 2.53. The van der Waals surface area contributed by atoms with Gasteiger partial charge in [0.15, 0.2) is 0 Å². The summed E-state index contributed by atoms with van der Waals surface area (Å²) in [5, 5.41) is 3.27. The standard InChI is InChI=1S/C18H21NO/c1-19-18(8-5-13-20)14-15-9-11-17(12-10-15)16-6-3-2-4-7-16/h2-4,6-7,9-13,18-19H,5,8,14H2,1H3. The van der Waals surface area contributed by atoms with E-state index in [1.165, 1.54) is 16.7 Å². The number of hydrogen-bond donors (Lipinski definition) is 1. The maximum Gasteiger partial charge on any atom is 0.120 e. The molecular weight excluding hydrogens is 246 g/mol. The van der Waals surface area contributed by atoms with Crippen molar-refractivity contribution in [3.05, 3.63) is 60.2 Å². The van der Waals surface area contributed by atoms with E-state index >= 15 is 0 Å². The summed E-state index contributed by atoms with van der Waals surface area (Å²) in [6.07, 6.45) is 3.45. The summed E-state index contributed by atoms with van der Waals surface area (Å²) < 4.78 is 0. The number of carbonyl (C=O) groups excluding carboxylic acids is 1. The summed E-state index contributed by atoms with van der Waals surface area (Å²) in [4.78, 5) is 10.5. The average molecular weight is 267 g/mol. The Morgan fingerprint density at radius 1 is 1.00 bits per heavy atom. The summed E-state index contributed by atoms with van der Waals surface area (Å²) in [6.45, 7) is 0. The van der Waals surface area contributed by atoms with Gasteiger partial charge in [0.1, 0.15) is 6.29 Å². The number of likely N-dealkylation sites (N-methyl/N-ethyl adjacent to an activating group) is 1. The predicted octanol–water partition coefficient (Wildman–Crippen LogP) is 3.46. The number of rotatable bonds is 7. The van der Waals surface area contributed by atoms with E-state index in [0.717, 1.165) is 19.1 Å². The van der Waals surface area contributed by atoms with Crippen LogP contribution in [0.4, 0.5) is 0 Å². The van der Waals surface area contributed by atoms with Crippen LogP contribution in [0.3, 0.4) is 0 Å². The quantitative estimate of drug-likeness (QED) is 0.778. The first-order valence-corrected chi connectivity index (χ1v) is 7.08. The minimum atomic E-state index is 0.364. The van der Waals surface area contributed by atoms with Crippen molar-refractivity contribution in [2.75, 3.05) is 7.05 Å². The van der Waals surface area contributed by atoms with Crippen LogP contribution in [0.1, 0.15) is 18.4 Å². The Bertz CT molecular complexity index is 519. The largest absolute Gasteiger partial charge is 0.317 e. The number of hydrogen-bond acceptors (Lipinski definition) is 2. The minimum Gasteiger partial charge on any atom is -0.317 e. The number of aldehydes is 1. The third kappa shape index (κ3) is 4.04. The highest BCUT2D eigenvalue weighted by Gasteiger charge is 2.07. The van der Waals surface area contributed by atoms with Crippen molar-refractivity contribution in [2.45, 2.75) is 25.3 Å². The lowest BCUT2D eigenvalue weighted by atomic mass is 9.99. The monoisotopic (exact) mass is 267 g/mol. The predicted molar refractivity (Wildman–Crippen MR) is 83.7 cm³/mol. The molecule has 0 saturated carbocycles. The number of benzene rings is 2. The van der Waals surface area contributed by atoms with Gasteiger partial charge in [-0.15, -0.1) is 0 Å². The van der Waals surface area contributed by atoms with E-state index in [1.807, 2.05) is 13.1 Å². The van der Waals surface area contributed by atoms with Gasteiger partial charge < -0.3 is 10.1 Å². The molecule has 2 nitrogen and oxygen atoms in total. The van der Waals surface area contributed by atoms with Crippen LogP contribution in [-0.4, -0.2) is 19.4 Å². The van der Waals surface area contributed by atoms with Gasteiger partial charge in [-0.1, -0.05) is 54.6 Å². The third-order valence-electron chi connectivity index (χ3n) is 3.58. The molecule has 104 valence electrons. The first-order valence-electron chi connectivity index (χ1n) is 7.08. The molecule has 0 spiro atoms. The summed E-state index contributed by atoms with van der Waals surface area (Å²) >= 11 is 0. The van der Waals surface area contributed by atoms with Crippen molar-refractivity contribution in [2.24, 2.45) is 0 Å². The van der Waals surface area contributed by atoms with Crippen LogP contribution in [0.15, 0.2) is 54.6 Å². The highest BCUT2D eigenvalue weighted by molar-refractivity contribution is 5.63. The maximum absolute atomic E-state index is 10.5. The molecule has 0 heterocycles. The van der Waals surface area contributed by atoms with Crippen LogP contribution < -0.4 is 5.32 Å². The highest BCUT2D eigenvalue weighted by Crippen LogP contribution is 2.20. The lowest BCUT2D eigenvalue weighted by molar-refractivity contribution is -0.108. The molecule has 0 aliphatic carbocycles. The van der Waals surface area contributed by atoms with Gasteiger partial charge in [-0.2, -0.15) is 0 Å². The number of nitrogens with one attached hydrogen (secondary N) is 1. The van der Waals surface area contributed by atoms with Crippen molar-refractivity contribution in [1.82, 2.24) is 5.32 Å². The van der Waals surface area contributed by atoms with Gasteiger partial charge in [0.2, 0.25) is 0 Å². The zero-order valence-corrected chi connectivity index (χ0v) is 11.9. The highest BCUT2D eigenvalue weighted by atomic mass is 16.1. The second kappa shape index (κ2) is 7.61. The van der Waals surface area contributed by atoms with Crippen molar-refractivity contribution < 1.29 is 4.79 Å². The summed E-state index contributed by atoms with van der Waals surface area (Å²) in [7, 11) is 1.95.